The summed E-state index contributed by atoms with van der Waals surface area (Å²) in [7, 11) is 0. The van der Waals surface area contributed by atoms with E-state index in [0.29, 0.717) is 36.5 Å². The van der Waals surface area contributed by atoms with Crippen LogP contribution in [0.5, 0.6) is 0 Å². The molecule has 0 aromatic heterocycles. The van der Waals surface area contributed by atoms with E-state index in [0.717, 1.165) is 43.2 Å². The molecule has 11 heteroatoms. The number of Topliss-reactive ketones (excluding diaryl/α,β-unsaturated/α-hetero) is 4. The van der Waals surface area contributed by atoms with Crippen molar-refractivity contribution < 1.29 is 33.5 Å². The van der Waals surface area contributed by atoms with Gasteiger partial charge in [-0.1, -0.05) is 114 Å². The summed E-state index contributed by atoms with van der Waals surface area (Å²) in [5.41, 5.74) is 8.29. The number of rotatable bonds is 25. The van der Waals surface area contributed by atoms with Crippen LogP contribution in [0.4, 0.5) is 0 Å². The van der Waals surface area contributed by atoms with E-state index >= 15 is 0 Å². The average Bonchev–Trinajstić information content (AvgIpc) is 3.98. The quantitative estimate of drug-likeness (QED) is 0.0595. The highest BCUT2D eigenvalue weighted by atomic mass is 35.5. The molecular formula is C41H56ClN3O7. The van der Waals surface area contributed by atoms with E-state index in [4.69, 9.17) is 22.1 Å². The van der Waals surface area contributed by atoms with Gasteiger partial charge in [-0.05, 0) is 36.1 Å². The number of carbonyl (C=O) groups excluding carboxylic acids is 6. The molecule has 1 aliphatic heterocycles. The van der Waals surface area contributed by atoms with E-state index in [9.17, 15) is 28.8 Å². The highest BCUT2D eigenvalue weighted by molar-refractivity contribution is 6.30. The minimum Gasteiger partial charge on any atom is -0.365 e. The average molecular weight is 738 g/mol. The number of amides is 2. The molecule has 0 radical (unpaired) electrons. The lowest BCUT2D eigenvalue weighted by Gasteiger charge is -2.24. The van der Waals surface area contributed by atoms with Gasteiger partial charge in [0.25, 0.3) is 0 Å². The van der Waals surface area contributed by atoms with Gasteiger partial charge in [-0.2, -0.15) is 0 Å². The van der Waals surface area contributed by atoms with Crippen LogP contribution in [-0.4, -0.2) is 66.3 Å². The molecule has 1 unspecified atom stereocenters. The molecule has 2 aromatic rings. The minimum absolute atomic E-state index is 0.00807. The van der Waals surface area contributed by atoms with Crippen molar-refractivity contribution in [2.45, 2.75) is 117 Å². The fourth-order valence-electron chi connectivity index (χ4n) is 6.15. The number of epoxide rings is 1. The number of benzene rings is 2. The van der Waals surface area contributed by atoms with Gasteiger partial charge in [-0.25, -0.2) is 0 Å². The maximum Gasteiger partial charge on any atom is 0.225 e. The number of ketones is 4. The topological polar surface area (TPSA) is 165 Å². The van der Waals surface area contributed by atoms with Crippen LogP contribution in [0.2, 0.25) is 5.02 Å². The van der Waals surface area contributed by atoms with Crippen molar-refractivity contribution in [3.63, 3.8) is 0 Å². The second-order valence-corrected chi connectivity index (χ2v) is 14.6. The maximum atomic E-state index is 13.6. The molecule has 2 amide bonds. The molecule has 10 nitrogen and oxygen atoms in total. The molecule has 0 bridgehead atoms. The van der Waals surface area contributed by atoms with Gasteiger partial charge in [0.05, 0.1) is 24.6 Å². The molecule has 284 valence electrons. The smallest absolute Gasteiger partial charge is 0.225 e. The first kappa shape index (κ1) is 42.7. The molecule has 1 aliphatic rings. The summed E-state index contributed by atoms with van der Waals surface area (Å²) in [6.07, 6.45) is 5.17. The molecule has 1 heterocycles. The van der Waals surface area contributed by atoms with Crippen molar-refractivity contribution in [1.82, 2.24) is 10.6 Å². The second kappa shape index (κ2) is 21.7. The molecular weight excluding hydrogens is 682 g/mol. The number of ether oxygens (including phenoxy) is 1. The van der Waals surface area contributed by atoms with Crippen LogP contribution in [0.25, 0.3) is 11.1 Å². The summed E-state index contributed by atoms with van der Waals surface area (Å²) >= 11 is 6.00. The van der Waals surface area contributed by atoms with Crippen LogP contribution in [-0.2, 0) is 28.7 Å². The highest BCUT2D eigenvalue weighted by Crippen LogP contribution is 2.23. The number of nitrogens with one attached hydrogen (secondary N) is 2. The van der Waals surface area contributed by atoms with Gasteiger partial charge in [-0.3, -0.25) is 28.8 Å². The van der Waals surface area contributed by atoms with Crippen molar-refractivity contribution in [3.8, 4) is 11.1 Å². The number of hydrogen-bond donors (Lipinski definition) is 3. The van der Waals surface area contributed by atoms with E-state index < -0.39 is 47.8 Å². The highest BCUT2D eigenvalue weighted by Gasteiger charge is 2.36. The van der Waals surface area contributed by atoms with E-state index in [1.54, 1.807) is 38.1 Å². The Morgan fingerprint density at radius 3 is 1.69 bits per heavy atom. The summed E-state index contributed by atoms with van der Waals surface area (Å²) < 4.78 is 5.08. The summed E-state index contributed by atoms with van der Waals surface area (Å²) in [6, 6.07) is 12.9. The van der Waals surface area contributed by atoms with Crippen LogP contribution in [0, 0.1) is 17.8 Å². The predicted octanol–water partition coefficient (Wildman–Crippen LogP) is 6.44. The van der Waals surface area contributed by atoms with Crippen LogP contribution < -0.4 is 16.4 Å². The normalized spacial score (nSPS) is 16.5. The Morgan fingerprint density at radius 2 is 1.21 bits per heavy atom. The predicted molar refractivity (Wildman–Crippen MR) is 203 cm³/mol. The fourth-order valence-corrected chi connectivity index (χ4v) is 6.28. The number of carbonyl (C=O) groups is 6. The molecule has 0 aliphatic carbocycles. The number of unbranched alkanes of at least 4 members (excludes halogenated alkanes) is 4. The molecule has 0 spiro atoms. The third kappa shape index (κ3) is 13.7. The van der Waals surface area contributed by atoms with E-state index in [-0.39, 0.29) is 48.9 Å². The zero-order valence-corrected chi connectivity index (χ0v) is 31.8. The number of hydrogen-bond acceptors (Lipinski definition) is 8. The molecule has 2 aromatic carbocycles. The van der Waals surface area contributed by atoms with Crippen LogP contribution >= 0.6 is 11.6 Å². The summed E-state index contributed by atoms with van der Waals surface area (Å²) in [5.74, 6) is -3.89. The summed E-state index contributed by atoms with van der Waals surface area (Å²) in [5, 5.41) is 6.33. The van der Waals surface area contributed by atoms with Gasteiger partial charge < -0.3 is 21.1 Å². The van der Waals surface area contributed by atoms with Crippen molar-refractivity contribution >= 4 is 46.5 Å². The Hall–Kier alpha value is -3.73. The first-order chi connectivity index (χ1) is 24.9. The third-order valence-electron chi connectivity index (χ3n) is 9.67. The van der Waals surface area contributed by atoms with Gasteiger partial charge >= 0.3 is 0 Å². The fraction of sp³-hybridized carbons (Fsp3) is 0.561. The van der Waals surface area contributed by atoms with Crippen molar-refractivity contribution in [2.75, 3.05) is 13.2 Å². The van der Waals surface area contributed by atoms with Crippen molar-refractivity contribution in [1.29, 1.82) is 0 Å². The lowest BCUT2D eigenvalue weighted by molar-refractivity contribution is -0.134. The van der Waals surface area contributed by atoms with Crippen molar-refractivity contribution in [2.24, 2.45) is 23.5 Å². The largest absolute Gasteiger partial charge is 0.365 e. The first-order valence-electron chi connectivity index (χ1n) is 18.8. The van der Waals surface area contributed by atoms with Gasteiger partial charge in [0.2, 0.25) is 11.8 Å². The molecule has 1 saturated heterocycles. The maximum absolute atomic E-state index is 13.6. The minimum atomic E-state index is -0.851. The molecule has 52 heavy (non-hydrogen) atoms. The molecule has 3 rings (SSSR count). The van der Waals surface area contributed by atoms with Crippen LogP contribution in [0.3, 0.4) is 0 Å². The SMILES string of the molecule is CCCCC[C@H](NC(=O)[C@H](CN)CC(=O)c1ccc(-c2ccc(Cl)cc2)cc1)C(=O)C[C@@H](C)C(=O)N[C@@H](CCCCC)C(=O)C[C@@H](C)C(=O)C1CO1. The zero-order chi connectivity index (χ0) is 38.2. The Balaban J connectivity index is 1.62. The molecule has 4 N–H and O–H groups in total. The molecule has 0 saturated carbocycles. The van der Waals surface area contributed by atoms with Gasteiger partial charge in [0, 0.05) is 48.2 Å². The molecule has 6 atom stereocenters. The summed E-state index contributed by atoms with van der Waals surface area (Å²) in [4.78, 5) is 79.2. The van der Waals surface area contributed by atoms with Crippen LogP contribution in [0.15, 0.2) is 48.5 Å². The van der Waals surface area contributed by atoms with Gasteiger partial charge in [0.15, 0.2) is 23.1 Å². The summed E-state index contributed by atoms with van der Waals surface area (Å²) in [6.45, 7) is 7.71. The Kier molecular flexibility index (Phi) is 17.8. The lowest BCUT2D eigenvalue weighted by Crippen LogP contribution is -2.47. The van der Waals surface area contributed by atoms with Gasteiger partial charge in [-0.15, -0.1) is 0 Å². The third-order valence-corrected chi connectivity index (χ3v) is 9.93. The zero-order valence-electron chi connectivity index (χ0n) is 31.1. The standard InChI is InChI=1S/C41H56ClN3O7/c1-5-7-9-11-33(36(47)21-26(3)39(49)38-25-52-38)44-40(50)27(4)22-37(48)34(12-10-8-6-2)45-41(51)31(24-43)23-35(46)30-15-13-28(14-16-30)29-17-19-32(42)20-18-29/h13-20,26-27,31,33-34,38H,5-12,21-25,43H2,1-4H3,(H,44,50)(H,45,51)/t26-,27-,31+,33+,34+,38?/m1/s1. The van der Waals surface area contributed by atoms with E-state index in [1.807, 2.05) is 38.1 Å². The Morgan fingerprint density at radius 1 is 0.731 bits per heavy atom. The van der Waals surface area contributed by atoms with Crippen LogP contribution in [0.1, 0.15) is 109 Å². The molecule has 1 fully saturated rings. The second-order valence-electron chi connectivity index (χ2n) is 14.1. The Bertz CT molecular complexity index is 1510. The van der Waals surface area contributed by atoms with E-state index in [2.05, 4.69) is 10.6 Å². The van der Waals surface area contributed by atoms with Gasteiger partial charge in [0.1, 0.15) is 6.10 Å². The Labute approximate surface area is 313 Å². The van der Waals surface area contributed by atoms with E-state index in [1.165, 1.54) is 0 Å². The number of nitrogens with two attached hydrogens (primary N) is 1. The number of halogens is 1. The monoisotopic (exact) mass is 737 g/mol. The van der Waals surface area contributed by atoms with Crippen molar-refractivity contribution in [3.05, 3.63) is 59.1 Å². The lowest BCUT2D eigenvalue weighted by atomic mass is 9.91. The first-order valence-corrected chi connectivity index (χ1v) is 19.2.